The van der Waals surface area contributed by atoms with Gasteiger partial charge in [0.25, 0.3) is 0 Å². The SMILES string of the molecule is BCc1ccc(C#C)cc1. The van der Waals surface area contributed by atoms with E-state index in [0.29, 0.717) is 0 Å². The van der Waals surface area contributed by atoms with Crippen LogP contribution in [0.1, 0.15) is 11.1 Å². The van der Waals surface area contributed by atoms with Crippen LogP contribution in [0, 0.1) is 12.3 Å². The normalized spacial score (nSPS) is 8.70. The van der Waals surface area contributed by atoms with Gasteiger partial charge in [-0.1, -0.05) is 29.9 Å². The Morgan fingerprint density at radius 2 is 1.90 bits per heavy atom. The number of rotatable bonds is 1. The van der Waals surface area contributed by atoms with Crippen molar-refractivity contribution in [1.29, 1.82) is 0 Å². The average Bonchev–Trinajstić information content (AvgIpc) is 2.05. The largest absolute Gasteiger partial charge is 0.115 e. The van der Waals surface area contributed by atoms with Gasteiger partial charge in [0.1, 0.15) is 7.85 Å². The second-order valence-electron chi connectivity index (χ2n) is 2.19. The molecule has 0 aliphatic rings. The summed E-state index contributed by atoms with van der Waals surface area (Å²) in [5.74, 6) is 2.58. The fourth-order valence-electron chi connectivity index (χ4n) is 0.837. The third-order valence-corrected chi connectivity index (χ3v) is 1.53. The van der Waals surface area contributed by atoms with E-state index in [4.69, 9.17) is 6.42 Å². The molecular formula is C9H9B. The molecule has 0 saturated heterocycles. The van der Waals surface area contributed by atoms with Crippen LogP contribution in [0.3, 0.4) is 0 Å². The van der Waals surface area contributed by atoms with Gasteiger partial charge in [-0.05, 0) is 12.1 Å². The Hall–Kier alpha value is -1.16. The molecule has 0 aliphatic carbocycles. The maximum absolute atomic E-state index is 5.19. The summed E-state index contributed by atoms with van der Waals surface area (Å²) >= 11 is 0. The number of benzene rings is 1. The van der Waals surface area contributed by atoms with Gasteiger partial charge in [-0.3, -0.25) is 0 Å². The van der Waals surface area contributed by atoms with E-state index in [-0.39, 0.29) is 0 Å². The molecule has 1 heteroatoms. The summed E-state index contributed by atoms with van der Waals surface area (Å²) in [6.07, 6.45) is 6.27. The van der Waals surface area contributed by atoms with E-state index in [0.717, 1.165) is 11.9 Å². The van der Waals surface area contributed by atoms with Gasteiger partial charge in [0.05, 0.1) is 0 Å². The van der Waals surface area contributed by atoms with Crippen LogP contribution >= 0.6 is 0 Å². The highest BCUT2D eigenvalue weighted by atomic mass is 13.9. The third-order valence-electron chi connectivity index (χ3n) is 1.53. The fraction of sp³-hybridized carbons (Fsp3) is 0.111. The van der Waals surface area contributed by atoms with Crippen LogP contribution in [-0.2, 0) is 6.32 Å². The van der Waals surface area contributed by atoms with Crippen molar-refractivity contribution in [2.24, 2.45) is 0 Å². The molecule has 0 aromatic heterocycles. The van der Waals surface area contributed by atoms with Crippen molar-refractivity contribution in [3.63, 3.8) is 0 Å². The summed E-state index contributed by atoms with van der Waals surface area (Å²) < 4.78 is 0. The second-order valence-corrected chi connectivity index (χ2v) is 2.19. The zero-order valence-corrected chi connectivity index (χ0v) is 6.09. The zero-order valence-electron chi connectivity index (χ0n) is 6.09. The summed E-state index contributed by atoms with van der Waals surface area (Å²) in [5.41, 5.74) is 2.29. The molecule has 1 aromatic rings. The van der Waals surface area contributed by atoms with Gasteiger partial charge in [0.2, 0.25) is 0 Å². The van der Waals surface area contributed by atoms with Gasteiger partial charge in [0.15, 0.2) is 0 Å². The summed E-state index contributed by atoms with van der Waals surface area (Å²) in [7, 11) is 2.13. The Morgan fingerprint density at radius 3 is 2.30 bits per heavy atom. The molecule has 10 heavy (non-hydrogen) atoms. The third kappa shape index (κ3) is 1.42. The van der Waals surface area contributed by atoms with Gasteiger partial charge >= 0.3 is 0 Å². The minimum atomic E-state index is 0.956. The van der Waals surface area contributed by atoms with Crippen molar-refractivity contribution in [2.75, 3.05) is 0 Å². The van der Waals surface area contributed by atoms with Crippen molar-refractivity contribution < 1.29 is 0 Å². The van der Waals surface area contributed by atoms with E-state index in [1.807, 2.05) is 12.1 Å². The lowest BCUT2D eigenvalue weighted by molar-refractivity contribution is 1.39. The quantitative estimate of drug-likeness (QED) is 0.387. The molecule has 0 atom stereocenters. The lowest BCUT2D eigenvalue weighted by Gasteiger charge is -1.94. The highest BCUT2D eigenvalue weighted by Gasteiger charge is 1.87. The lowest BCUT2D eigenvalue weighted by Crippen LogP contribution is -1.82. The summed E-state index contributed by atoms with van der Waals surface area (Å²) in [4.78, 5) is 0. The van der Waals surface area contributed by atoms with Gasteiger partial charge < -0.3 is 0 Å². The molecule has 0 N–H and O–H groups in total. The van der Waals surface area contributed by atoms with Crippen LogP contribution in [0.15, 0.2) is 24.3 Å². The molecule has 1 aromatic carbocycles. The molecule has 0 aliphatic heterocycles. The van der Waals surface area contributed by atoms with Gasteiger partial charge in [0, 0.05) is 5.56 Å². The fourth-order valence-corrected chi connectivity index (χ4v) is 0.837. The van der Waals surface area contributed by atoms with Crippen molar-refractivity contribution in [2.45, 2.75) is 6.32 Å². The van der Waals surface area contributed by atoms with Crippen LogP contribution in [0.2, 0.25) is 0 Å². The molecular weight excluding hydrogens is 119 g/mol. The summed E-state index contributed by atoms with van der Waals surface area (Å²) in [6, 6.07) is 8.07. The molecule has 0 fully saturated rings. The topological polar surface area (TPSA) is 0 Å². The Bertz CT molecular complexity index is 240. The Morgan fingerprint density at radius 1 is 1.30 bits per heavy atom. The van der Waals surface area contributed by atoms with E-state index in [1.165, 1.54) is 5.56 Å². The van der Waals surface area contributed by atoms with Crippen LogP contribution < -0.4 is 0 Å². The highest BCUT2D eigenvalue weighted by Crippen LogP contribution is 2.01. The Balaban J connectivity index is 2.93. The van der Waals surface area contributed by atoms with Crippen molar-refractivity contribution in [3.05, 3.63) is 35.4 Å². The molecule has 1 rings (SSSR count). The zero-order chi connectivity index (χ0) is 7.40. The molecule has 0 spiro atoms. The minimum Gasteiger partial charge on any atom is -0.115 e. The maximum Gasteiger partial charge on any atom is 0.107 e. The predicted octanol–water partition coefficient (Wildman–Crippen LogP) is 0.801. The first-order chi connectivity index (χ1) is 4.86. The molecule has 0 unspecified atom stereocenters. The van der Waals surface area contributed by atoms with Crippen LogP contribution in [0.25, 0.3) is 0 Å². The number of terminal acetylenes is 1. The summed E-state index contributed by atoms with van der Waals surface area (Å²) in [5, 5.41) is 0. The van der Waals surface area contributed by atoms with Crippen molar-refractivity contribution in [1.82, 2.24) is 0 Å². The highest BCUT2D eigenvalue weighted by molar-refractivity contribution is 6.08. The summed E-state index contributed by atoms with van der Waals surface area (Å²) in [6.45, 7) is 0. The van der Waals surface area contributed by atoms with Crippen LogP contribution in [0.5, 0.6) is 0 Å². The molecule has 0 heterocycles. The monoisotopic (exact) mass is 128 g/mol. The molecule has 0 amide bonds. The van der Waals surface area contributed by atoms with Crippen LogP contribution in [0.4, 0.5) is 0 Å². The predicted molar refractivity (Wildman–Crippen MR) is 46.6 cm³/mol. The standard InChI is InChI=1S/C9H9B/c1-2-8-3-5-9(7-10)6-4-8/h1,3-6H,7,10H2. The number of hydrogen-bond acceptors (Lipinski definition) is 0. The van der Waals surface area contributed by atoms with E-state index in [1.54, 1.807) is 0 Å². The van der Waals surface area contributed by atoms with E-state index in [9.17, 15) is 0 Å². The molecule has 0 bridgehead atoms. The van der Waals surface area contributed by atoms with E-state index < -0.39 is 0 Å². The Labute approximate surface area is 62.7 Å². The molecule has 0 radical (unpaired) electrons. The number of hydrogen-bond donors (Lipinski definition) is 0. The molecule has 0 nitrogen and oxygen atoms in total. The van der Waals surface area contributed by atoms with Crippen molar-refractivity contribution in [3.8, 4) is 12.3 Å². The van der Waals surface area contributed by atoms with E-state index in [2.05, 4.69) is 25.9 Å². The van der Waals surface area contributed by atoms with Crippen molar-refractivity contribution >= 4 is 7.85 Å². The lowest BCUT2D eigenvalue weighted by atomic mass is 9.96. The van der Waals surface area contributed by atoms with E-state index >= 15 is 0 Å². The molecule has 0 saturated carbocycles. The van der Waals surface area contributed by atoms with Crippen LogP contribution in [-0.4, -0.2) is 7.85 Å². The average molecular weight is 128 g/mol. The first kappa shape index (κ1) is 6.96. The van der Waals surface area contributed by atoms with Gasteiger partial charge in [-0.15, -0.1) is 6.42 Å². The second kappa shape index (κ2) is 3.13. The first-order valence-electron chi connectivity index (χ1n) is 3.42. The molecule has 48 valence electrons. The Kier molecular flexibility index (Phi) is 2.17. The van der Waals surface area contributed by atoms with Gasteiger partial charge in [-0.2, -0.15) is 0 Å². The maximum atomic E-state index is 5.19. The minimum absolute atomic E-state index is 0.956. The first-order valence-corrected chi connectivity index (χ1v) is 3.42. The smallest absolute Gasteiger partial charge is 0.107 e. The van der Waals surface area contributed by atoms with Gasteiger partial charge in [-0.25, -0.2) is 0 Å².